The van der Waals surface area contributed by atoms with Crippen molar-refractivity contribution in [2.75, 3.05) is 6.54 Å². The Morgan fingerprint density at radius 2 is 2.21 bits per heavy atom. The van der Waals surface area contributed by atoms with Gasteiger partial charge in [0.15, 0.2) is 0 Å². The van der Waals surface area contributed by atoms with E-state index in [1.54, 1.807) is 6.92 Å². The molecule has 0 radical (unpaired) electrons. The number of nitro groups is 1. The van der Waals surface area contributed by atoms with Crippen LogP contribution in [0.2, 0.25) is 0 Å². The quantitative estimate of drug-likeness (QED) is 0.639. The Labute approximate surface area is 116 Å². The first kappa shape index (κ1) is 15.6. The largest absolute Gasteiger partial charge is 0.345 e. The molecule has 1 amide bonds. The molecular formula is C12H19N3O3S. The number of carbonyl (C=O) groups excluding carboxylic acids is 1. The molecule has 7 heteroatoms. The van der Waals surface area contributed by atoms with Crippen molar-refractivity contribution in [3.63, 3.8) is 0 Å². The predicted molar refractivity (Wildman–Crippen MR) is 75.5 cm³/mol. The van der Waals surface area contributed by atoms with Gasteiger partial charge in [-0.1, -0.05) is 13.8 Å². The first-order chi connectivity index (χ1) is 8.71. The van der Waals surface area contributed by atoms with Crippen LogP contribution in [0.4, 0.5) is 5.69 Å². The fourth-order valence-corrected chi connectivity index (χ4v) is 2.40. The maximum absolute atomic E-state index is 12.1. The van der Waals surface area contributed by atoms with Gasteiger partial charge in [0.1, 0.15) is 0 Å². The van der Waals surface area contributed by atoms with E-state index in [1.165, 1.54) is 6.07 Å². The highest BCUT2D eigenvalue weighted by Gasteiger charge is 2.30. The molecule has 1 atom stereocenters. The van der Waals surface area contributed by atoms with E-state index in [9.17, 15) is 14.9 Å². The van der Waals surface area contributed by atoms with E-state index >= 15 is 0 Å². The van der Waals surface area contributed by atoms with Gasteiger partial charge in [-0.25, -0.2) is 0 Å². The van der Waals surface area contributed by atoms with Crippen molar-refractivity contribution in [1.29, 1.82) is 0 Å². The summed E-state index contributed by atoms with van der Waals surface area (Å²) in [5.41, 5.74) is 5.15. The van der Waals surface area contributed by atoms with Crippen LogP contribution < -0.4 is 11.1 Å². The molecule has 19 heavy (non-hydrogen) atoms. The molecule has 1 unspecified atom stereocenters. The van der Waals surface area contributed by atoms with E-state index < -0.39 is 10.5 Å². The first-order valence-electron chi connectivity index (χ1n) is 5.98. The van der Waals surface area contributed by atoms with Gasteiger partial charge in [-0.3, -0.25) is 14.9 Å². The van der Waals surface area contributed by atoms with Gasteiger partial charge in [-0.15, -0.1) is 11.3 Å². The Morgan fingerprint density at radius 1 is 1.63 bits per heavy atom. The van der Waals surface area contributed by atoms with E-state index in [2.05, 4.69) is 5.32 Å². The molecule has 0 aromatic carbocycles. The Balaban J connectivity index is 2.96. The second kappa shape index (κ2) is 5.66. The van der Waals surface area contributed by atoms with Gasteiger partial charge < -0.3 is 11.1 Å². The van der Waals surface area contributed by atoms with Crippen LogP contribution in [-0.2, 0) is 0 Å². The molecule has 0 spiro atoms. The van der Waals surface area contributed by atoms with Crippen molar-refractivity contribution in [3.8, 4) is 0 Å². The zero-order chi connectivity index (χ0) is 14.8. The number of rotatable bonds is 5. The third-order valence-corrected chi connectivity index (χ3v) is 4.45. The molecular weight excluding hydrogens is 266 g/mol. The molecule has 0 bridgehead atoms. The van der Waals surface area contributed by atoms with Gasteiger partial charge in [-0.05, 0) is 19.8 Å². The Morgan fingerprint density at radius 3 is 2.58 bits per heavy atom. The molecule has 1 rings (SSSR count). The van der Waals surface area contributed by atoms with Crippen LogP contribution in [0.25, 0.3) is 0 Å². The van der Waals surface area contributed by atoms with Crippen molar-refractivity contribution in [2.24, 2.45) is 11.7 Å². The number of nitrogens with zero attached hydrogens (tertiary/aromatic N) is 1. The number of aryl methyl sites for hydroxylation is 1. The van der Waals surface area contributed by atoms with E-state index in [0.717, 1.165) is 11.3 Å². The lowest BCUT2D eigenvalue weighted by Gasteiger charge is -2.33. The predicted octanol–water partition coefficient (Wildman–Crippen LogP) is 2.07. The molecule has 6 nitrogen and oxygen atoms in total. The lowest BCUT2D eigenvalue weighted by molar-refractivity contribution is -0.385. The van der Waals surface area contributed by atoms with Crippen LogP contribution >= 0.6 is 11.3 Å². The number of nitrogens with one attached hydrogen (secondary N) is 1. The summed E-state index contributed by atoms with van der Waals surface area (Å²) in [5.74, 6) is -0.152. The van der Waals surface area contributed by atoms with E-state index in [-0.39, 0.29) is 17.5 Å². The molecule has 3 N–H and O–H groups in total. The molecule has 0 saturated carbocycles. The zero-order valence-electron chi connectivity index (χ0n) is 11.5. The molecule has 0 aliphatic carbocycles. The highest BCUT2D eigenvalue weighted by molar-refractivity contribution is 7.14. The second-order valence-corrected chi connectivity index (χ2v) is 6.30. The number of nitrogens with two attached hydrogens (primary N) is 1. The van der Waals surface area contributed by atoms with Crippen LogP contribution in [0.1, 0.15) is 35.3 Å². The number of amides is 1. The van der Waals surface area contributed by atoms with Gasteiger partial charge in [0, 0.05) is 12.6 Å². The second-order valence-electron chi connectivity index (χ2n) is 5.04. The maximum Gasteiger partial charge on any atom is 0.283 e. The van der Waals surface area contributed by atoms with Crippen molar-refractivity contribution in [2.45, 2.75) is 33.2 Å². The van der Waals surface area contributed by atoms with Gasteiger partial charge in [0.05, 0.1) is 20.2 Å². The monoisotopic (exact) mass is 285 g/mol. The first-order valence-corrected chi connectivity index (χ1v) is 6.80. The minimum Gasteiger partial charge on any atom is -0.345 e. The fraction of sp³-hybridized carbons (Fsp3) is 0.583. The van der Waals surface area contributed by atoms with Crippen molar-refractivity contribution < 1.29 is 9.72 Å². The summed E-state index contributed by atoms with van der Waals surface area (Å²) in [6.45, 7) is 7.74. The SMILES string of the molecule is Cc1sc(C(=O)NC(C)(CN)C(C)C)cc1[N+](=O)[O-]. The third kappa shape index (κ3) is 3.30. The average Bonchev–Trinajstić information content (AvgIpc) is 2.71. The van der Waals surface area contributed by atoms with Gasteiger partial charge in [-0.2, -0.15) is 0 Å². The maximum atomic E-state index is 12.1. The van der Waals surface area contributed by atoms with Gasteiger partial charge >= 0.3 is 0 Å². The molecule has 0 saturated heterocycles. The third-order valence-electron chi connectivity index (χ3n) is 3.41. The van der Waals surface area contributed by atoms with Crippen molar-refractivity contribution in [3.05, 3.63) is 25.9 Å². The summed E-state index contributed by atoms with van der Waals surface area (Å²) in [5, 5.41) is 13.6. The number of thiophene rings is 1. The zero-order valence-corrected chi connectivity index (χ0v) is 12.3. The average molecular weight is 285 g/mol. The Hall–Kier alpha value is -1.47. The van der Waals surface area contributed by atoms with Crippen LogP contribution in [0.15, 0.2) is 6.07 Å². The van der Waals surface area contributed by atoms with E-state index in [1.807, 2.05) is 20.8 Å². The Kier molecular flexibility index (Phi) is 4.65. The van der Waals surface area contributed by atoms with Crippen LogP contribution in [0.3, 0.4) is 0 Å². The summed E-state index contributed by atoms with van der Waals surface area (Å²) in [7, 11) is 0. The molecule has 106 valence electrons. The van der Waals surface area contributed by atoms with Crippen LogP contribution in [0, 0.1) is 23.0 Å². The van der Waals surface area contributed by atoms with Crippen LogP contribution in [0.5, 0.6) is 0 Å². The number of hydrogen-bond donors (Lipinski definition) is 2. The molecule has 0 aliphatic heterocycles. The summed E-state index contributed by atoms with van der Waals surface area (Å²) >= 11 is 1.12. The highest BCUT2D eigenvalue weighted by Crippen LogP contribution is 2.28. The standard InChI is InChI=1S/C12H19N3O3S/c1-7(2)12(4,6-13)14-11(16)10-5-9(15(17)18)8(3)19-10/h5,7H,6,13H2,1-4H3,(H,14,16). The highest BCUT2D eigenvalue weighted by atomic mass is 32.1. The van der Waals surface area contributed by atoms with Gasteiger partial charge in [0.25, 0.3) is 11.6 Å². The molecule has 1 aromatic rings. The van der Waals surface area contributed by atoms with E-state index in [0.29, 0.717) is 16.3 Å². The smallest absolute Gasteiger partial charge is 0.283 e. The number of hydrogen-bond acceptors (Lipinski definition) is 5. The lowest BCUT2D eigenvalue weighted by atomic mass is 9.88. The summed E-state index contributed by atoms with van der Waals surface area (Å²) in [4.78, 5) is 23.3. The molecule has 1 aromatic heterocycles. The fourth-order valence-electron chi connectivity index (χ4n) is 1.52. The topological polar surface area (TPSA) is 98.3 Å². The van der Waals surface area contributed by atoms with Gasteiger partial charge in [0.2, 0.25) is 0 Å². The number of carbonyl (C=O) groups is 1. The van der Waals surface area contributed by atoms with Crippen LogP contribution in [-0.4, -0.2) is 22.9 Å². The Bertz CT molecular complexity index is 498. The van der Waals surface area contributed by atoms with Crippen molar-refractivity contribution >= 4 is 22.9 Å². The summed E-state index contributed by atoms with van der Waals surface area (Å²) in [6.07, 6.45) is 0. The molecule has 1 heterocycles. The molecule has 0 aliphatic rings. The minimum atomic E-state index is -0.524. The minimum absolute atomic E-state index is 0.0193. The molecule has 0 fully saturated rings. The lowest BCUT2D eigenvalue weighted by Crippen LogP contribution is -2.54. The van der Waals surface area contributed by atoms with E-state index in [4.69, 9.17) is 5.73 Å². The van der Waals surface area contributed by atoms with Crippen molar-refractivity contribution in [1.82, 2.24) is 5.32 Å². The summed E-state index contributed by atoms with van der Waals surface area (Å²) in [6, 6.07) is 1.31. The summed E-state index contributed by atoms with van der Waals surface area (Å²) < 4.78 is 0. The normalized spacial score (nSPS) is 14.2.